The van der Waals surface area contributed by atoms with Gasteiger partial charge in [-0.05, 0) is 25.1 Å². The van der Waals surface area contributed by atoms with Crippen molar-refractivity contribution in [3.63, 3.8) is 0 Å². The lowest BCUT2D eigenvalue weighted by atomic mass is 10.1. The van der Waals surface area contributed by atoms with Crippen LogP contribution in [-0.4, -0.2) is 59.4 Å². The van der Waals surface area contributed by atoms with Crippen molar-refractivity contribution < 1.29 is 9.53 Å². The van der Waals surface area contributed by atoms with E-state index < -0.39 is 0 Å². The van der Waals surface area contributed by atoms with Crippen molar-refractivity contribution in [1.29, 1.82) is 0 Å². The van der Waals surface area contributed by atoms with Crippen molar-refractivity contribution in [2.24, 2.45) is 0 Å². The van der Waals surface area contributed by atoms with Gasteiger partial charge in [-0.2, -0.15) is 5.10 Å². The molecule has 0 saturated carbocycles. The number of carbonyl (C=O) groups excluding carboxylic acids is 1. The molecule has 0 spiro atoms. The van der Waals surface area contributed by atoms with E-state index in [1.54, 1.807) is 0 Å². The lowest BCUT2D eigenvalue weighted by molar-refractivity contribution is -0.139. The third-order valence-electron chi connectivity index (χ3n) is 4.29. The van der Waals surface area contributed by atoms with Crippen LogP contribution < -0.4 is 4.90 Å². The number of aryl methyl sites for hydroxylation is 2. The average molecular weight is 343 g/mol. The molecule has 0 aliphatic carbocycles. The second kappa shape index (κ2) is 7.65. The molecular weight excluding hydrogens is 318 g/mol. The molecule has 0 unspecified atom stereocenters. The van der Waals surface area contributed by atoms with Gasteiger partial charge in [-0.3, -0.25) is 9.48 Å². The van der Waals surface area contributed by atoms with Gasteiger partial charge in [-0.1, -0.05) is 6.07 Å². The molecule has 2 aromatic rings. The minimum Gasteiger partial charge on any atom is -0.368 e. The Balaban J connectivity index is 1.60. The van der Waals surface area contributed by atoms with Crippen molar-refractivity contribution in [3.05, 3.63) is 41.9 Å². The van der Waals surface area contributed by atoms with Crippen LogP contribution in [0.2, 0.25) is 0 Å². The van der Waals surface area contributed by atoms with Gasteiger partial charge in [-0.15, -0.1) is 0 Å². The summed E-state index contributed by atoms with van der Waals surface area (Å²) in [5.41, 5.74) is 1.83. The predicted octanol–water partition coefficient (Wildman–Crippen LogP) is 1.64. The van der Waals surface area contributed by atoms with Crippen LogP contribution in [0.3, 0.4) is 0 Å². The number of hydrogen-bond donors (Lipinski definition) is 0. The standard InChI is InChI=1S/C18H25N5O2/c1-14-7-9-23(20-14)10-8-18(24)22-11-12-25-16(13-22)15-5-4-6-17(19-15)21(2)3/h4-7,9,16H,8,10-13H2,1-3H3/t16-/m1/s1. The zero-order valence-electron chi connectivity index (χ0n) is 15.1. The number of hydrogen-bond acceptors (Lipinski definition) is 5. The Kier molecular flexibility index (Phi) is 5.33. The van der Waals surface area contributed by atoms with Gasteiger partial charge in [0.15, 0.2) is 0 Å². The molecule has 3 rings (SSSR count). The Morgan fingerprint density at radius 2 is 2.20 bits per heavy atom. The van der Waals surface area contributed by atoms with Crippen LogP contribution in [0.1, 0.15) is 23.9 Å². The van der Waals surface area contributed by atoms with E-state index in [-0.39, 0.29) is 12.0 Å². The van der Waals surface area contributed by atoms with E-state index in [4.69, 9.17) is 4.74 Å². The molecule has 2 aromatic heterocycles. The SMILES string of the molecule is Cc1ccn(CCC(=O)N2CCO[C@@H](c3cccc(N(C)C)n3)C2)n1. The third kappa shape index (κ3) is 4.36. The van der Waals surface area contributed by atoms with Crippen LogP contribution in [0.4, 0.5) is 5.82 Å². The van der Waals surface area contributed by atoms with Gasteiger partial charge < -0.3 is 14.5 Å². The van der Waals surface area contributed by atoms with Crippen LogP contribution in [-0.2, 0) is 16.1 Å². The van der Waals surface area contributed by atoms with Crippen molar-refractivity contribution in [3.8, 4) is 0 Å². The van der Waals surface area contributed by atoms with Crippen LogP contribution in [0.15, 0.2) is 30.5 Å². The van der Waals surface area contributed by atoms with E-state index in [1.807, 2.05) is 66.0 Å². The average Bonchev–Trinajstić information content (AvgIpc) is 3.05. The largest absolute Gasteiger partial charge is 0.368 e. The first-order chi connectivity index (χ1) is 12.0. The summed E-state index contributed by atoms with van der Waals surface area (Å²) in [6, 6.07) is 7.83. The summed E-state index contributed by atoms with van der Waals surface area (Å²) in [6.07, 6.45) is 2.17. The van der Waals surface area contributed by atoms with Crippen LogP contribution >= 0.6 is 0 Å². The number of carbonyl (C=O) groups is 1. The quantitative estimate of drug-likeness (QED) is 0.826. The summed E-state index contributed by atoms with van der Waals surface area (Å²) in [6.45, 7) is 4.25. The molecule has 0 radical (unpaired) electrons. The maximum Gasteiger partial charge on any atom is 0.224 e. The molecule has 1 saturated heterocycles. The fourth-order valence-corrected chi connectivity index (χ4v) is 2.88. The number of nitrogens with zero attached hydrogens (tertiary/aromatic N) is 5. The monoisotopic (exact) mass is 343 g/mol. The Bertz CT molecular complexity index is 728. The van der Waals surface area contributed by atoms with Crippen molar-refractivity contribution in [2.75, 3.05) is 38.7 Å². The maximum atomic E-state index is 12.5. The molecule has 1 aliphatic rings. The zero-order chi connectivity index (χ0) is 17.8. The number of morpholine rings is 1. The topological polar surface area (TPSA) is 63.5 Å². The van der Waals surface area contributed by atoms with E-state index in [9.17, 15) is 4.79 Å². The Labute approximate surface area is 148 Å². The molecule has 3 heterocycles. The highest BCUT2D eigenvalue weighted by Gasteiger charge is 2.26. The van der Waals surface area contributed by atoms with E-state index in [0.29, 0.717) is 32.7 Å². The molecule has 0 bridgehead atoms. The smallest absolute Gasteiger partial charge is 0.224 e. The molecule has 1 amide bonds. The molecule has 134 valence electrons. The molecule has 7 heteroatoms. The second-order valence-electron chi connectivity index (χ2n) is 6.48. The van der Waals surface area contributed by atoms with Gasteiger partial charge in [0.05, 0.1) is 24.5 Å². The highest BCUT2D eigenvalue weighted by Crippen LogP contribution is 2.23. The molecular formula is C18H25N5O2. The summed E-state index contributed by atoms with van der Waals surface area (Å²) in [7, 11) is 3.92. The first kappa shape index (κ1) is 17.4. The van der Waals surface area contributed by atoms with Gasteiger partial charge in [-0.25, -0.2) is 4.98 Å². The number of rotatable bonds is 5. The number of pyridine rings is 1. The van der Waals surface area contributed by atoms with E-state index >= 15 is 0 Å². The minimum atomic E-state index is -0.176. The maximum absolute atomic E-state index is 12.5. The first-order valence-corrected chi connectivity index (χ1v) is 8.56. The summed E-state index contributed by atoms with van der Waals surface area (Å²) in [5, 5.41) is 4.32. The van der Waals surface area contributed by atoms with Crippen LogP contribution in [0.5, 0.6) is 0 Å². The highest BCUT2D eigenvalue weighted by atomic mass is 16.5. The van der Waals surface area contributed by atoms with E-state index in [1.165, 1.54) is 0 Å². The normalized spacial score (nSPS) is 17.6. The molecule has 7 nitrogen and oxygen atoms in total. The lowest BCUT2D eigenvalue weighted by Crippen LogP contribution is -2.42. The number of anilines is 1. The van der Waals surface area contributed by atoms with Gasteiger partial charge in [0, 0.05) is 39.8 Å². The fourth-order valence-electron chi connectivity index (χ4n) is 2.88. The molecule has 0 N–H and O–H groups in total. The van der Waals surface area contributed by atoms with Crippen molar-refractivity contribution in [1.82, 2.24) is 19.7 Å². The van der Waals surface area contributed by atoms with E-state index in [2.05, 4.69) is 10.1 Å². The molecule has 1 aliphatic heterocycles. The summed E-state index contributed by atoms with van der Waals surface area (Å²) in [5.74, 6) is 1.02. The highest BCUT2D eigenvalue weighted by molar-refractivity contribution is 5.76. The van der Waals surface area contributed by atoms with Crippen molar-refractivity contribution >= 4 is 11.7 Å². The molecule has 0 aromatic carbocycles. The summed E-state index contributed by atoms with van der Waals surface area (Å²) in [4.78, 5) is 21.0. The van der Waals surface area contributed by atoms with Crippen LogP contribution in [0.25, 0.3) is 0 Å². The van der Waals surface area contributed by atoms with Crippen molar-refractivity contribution in [2.45, 2.75) is 26.0 Å². The van der Waals surface area contributed by atoms with Gasteiger partial charge >= 0.3 is 0 Å². The second-order valence-corrected chi connectivity index (χ2v) is 6.48. The first-order valence-electron chi connectivity index (χ1n) is 8.56. The third-order valence-corrected chi connectivity index (χ3v) is 4.29. The Morgan fingerprint density at radius 3 is 2.92 bits per heavy atom. The molecule has 1 fully saturated rings. The molecule has 1 atom stereocenters. The van der Waals surface area contributed by atoms with Gasteiger partial charge in [0.25, 0.3) is 0 Å². The minimum absolute atomic E-state index is 0.130. The number of ether oxygens (including phenoxy) is 1. The fraction of sp³-hybridized carbons (Fsp3) is 0.500. The predicted molar refractivity (Wildman–Crippen MR) is 95.4 cm³/mol. The Hall–Kier alpha value is -2.41. The molecule has 25 heavy (non-hydrogen) atoms. The lowest BCUT2D eigenvalue weighted by Gasteiger charge is -2.33. The Morgan fingerprint density at radius 1 is 1.36 bits per heavy atom. The van der Waals surface area contributed by atoms with Gasteiger partial charge in [0.2, 0.25) is 5.91 Å². The number of aromatic nitrogens is 3. The van der Waals surface area contributed by atoms with Gasteiger partial charge in [0.1, 0.15) is 11.9 Å². The van der Waals surface area contributed by atoms with Crippen LogP contribution in [0, 0.1) is 6.92 Å². The zero-order valence-corrected chi connectivity index (χ0v) is 15.1. The van der Waals surface area contributed by atoms with E-state index in [0.717, 1.165) is 17.2 Å². The number of amides is 1. The summed E-state index contributed by atoms with van der Waals surface area (Å²) >= 11 is 0. The summed E-state index contributed by atoms with van der Waals surface area (Å²) < 4.78 is 7.67.